The van der Waals surface area contributed by atoms with Crippen molar-refractivity contribution in [3.8, 4) is 6.07 Å². The minimum absolute atomic E-state index is 0.0183. The number of nitriles is 1. The number of thiazole rings is 1. The molecule has 0 aliphatic carbocycles. The Morgan fingerprint density at radius 1 is 1.14 bits per heavy atom. The number of anilines is 2. The van der Waals surface area contributed by atoms with E-state index in [1.807, 2.05) is 17.0 Å². The number of carbonyl (C=O) groups excluding carboxylic acids is 1. The van der Waals surface area contributed by atoms with Crippen molar-refractivity contribution in [1.82, 2.24) is 25.1 Å². The van der Waals surface area contributed by atoms with Crippen LogP contribution in [0.3, 0.4) is 0 Å². The molecular formula is C20H25N7O7S. The lowest BCUT2D eigenvalue weighted by Crippen LogP contribution is -2.50. The molecule has 3 heterocycles. The third-order valence-corrected chi connectivity index (χ3v) is 5.58. The number of aromatic nitrogens is 2. The first-order valence-electron chi connectivity index (χ1n) is 10.2. The Bertz CT molecular complexity index is 1050. The monoisotopic (exact) mass is 507 g/mol. The van der Waals surface area contributed by atoms with Crippen LogP contribution in [0.25, 0.3) is 0 Å². The maximum absolute atomic E-state index is 11.6. The first-order valence-corrected chi connectivity index (χ1v) is 11.0. The second-order valence-corrected chi connectivity index (χ2v) is 8.23. The highest BCUT2D eigenvalue weighted by atomic mass is 32.1. The maximum atomic E-state index is 11.6. The summed E-state index contributed by atoms with van der Waals surface area (Å²) in [7, 11) is 1.65. The number of pyridine rings is 1. The second-order valence-electron chi connectivity index (χ2n) is 7.20. The van der Waals surface area contributed by atoms with Gasteiger partial charge in [-0.1, -0.05) is 11.3 Å². The molecule has 1 fully saturated rings. The van der Waals surface area contributed by atoms with Crippen molar-refractivity contribution >= 4 is 40.3 Å². The molecule has 6 N–H and O–H groups in total. The van der Waals surface area contributed by atoms with Crippen molar-refractivity contribution in [1.29, 1.82) is 5.26 Å². The summed E-state index contributed by atoms with van der Waals surface area (Å²) in [5, 5.41) is 47.8. The van der Waals surface area contributed by atoms with Gasteiger partial charge in [-0.3, -0.25) is 4.90 Å². The van der Waals surface area contributed by atoms with Crippen LogP contribution in [-0.4, -0.2) is 104 Å². The molecule has 1 aliphatic rings. The van der Waals surface area contributed by atoms with Crippen molar-refractivity contribution in [2.75, 3.05) is 38.5 Å². The zero-order valence-electron chi connectivity index (χ0n) is 18.7. The smallest absolute Gasteiger partial charge is 0.335 e. The van der Waals surface area contributed by atoms with Crippen LogP contribution in [0.1, 0.15) is 10.4 Å². The standard InChI is InChI=1S/C16H19N7OS.C4H6O6/c1-18-16(24)23-6-4-22(5-7-23)11-12-2-3-19-14(8-12)21-15-20-10-13(9-17)25-15;5-1(3(7)8)2(6)4(9)10/h2-3,8,10H,4-7,11H2,1H3,(H,18,24)(H,19,20,21);1-2,5-6H,(H,7,8)(H,9,10). The number of carboxylic acids is 2. The van der Waals surface area contributed by atoms with Crippen LogP contribution in [0.5, 0.6) is 0 Å². The number of urea groups is 1. The zero-order chi connectivity index (χ0) is 26.0. The average Bonchev–Trinajstić information content (AvgIpc) is 3.31. The number of hydrogen-bond acceptors (Lipinski definition) is 11. The Balaban J connectivity index is 0.000000367. The normalized spacial score (nSPS) is 15.1. The number of nitrogens with one attached hydrogen (secondary N) is 2. The van der Waals surface area contributed by atoms with Gasteiger partial charge in [0, 0.05) is 46.0 Å². The van der Waals surface area contributed by atoms with Gasteiger partial charge < -0.3 is 36.0 Å². The van der Waals surface area contributed by atoms with Gasteiger partial charge >= 0.3 is 18.0 Å². The molecule has 2 amide bonds. The number of rotatable bonds is 7. The number of aliphatic hydroxyl groups is 2. The molecule has 2 aromatic heterocycles. The van der Waals surface area contributed by atoms with Crippen LogP contribution in [0, 0.1) is 11.3 Å². The summed E-state index contributed by atoms with van der Waals surface area (Å²) >= 11 is 1.30. The van der Waals surface area contributed by atoms with Gasteiger partial charge in [-0.05, 0) is 17.7 Å². The quantitative estimate of drug-likeness (QED) is 0.280. The first kappa shape index (κ1) is 27.4. The van der Waals surface area contributed by atoms with E-state index in [0.29, 0.717) is 15.8 Å². The highest BCUT2D eigenvalue weighted by Gasteiger charge is 2.29. The number of amides is 2. The molecule has 0 spiro atoms. The van der Waals surface area contributed by atoms with E-state index >= 15 is 0 Å². The molecule has 0 aromatic carbocycles. The molecule has 1 saturated heterocycles. The van der Waals surface area contributed by atoms with Gasteiger partial charge in [0.25, 0.3) is 0 Å². The number of carboxylic acid groups (broad SMARTS) is 2. The van der Waals surface area contributed by atoms with Crippen LogP contribution < -0.4 is 10.6 Å². The summed E-state index contributed by atoms with van der Waals surface area (Å²) in [6, 6.07) is 6.02. The van der Waals surface area contributed by atoms with Crippen LogP contribution in [0.15, 0.2) is 24.5 Å². The van der Waals surface area contributed by atoms with E-state index < -0.39 is 24.1 Å². The predicted octanol–water partition coefficient (Wildman–Crippen LogP) is -0.512. The van der Waals surface area contributed by atoms with Gasteiger partial charge in [-0.2, -0.15) is 5.26 Å². The van der Waals surface area contributed by atoms with E-state index in [2.05, 4.69) is 31.6 Å². The number of nitrogens with zero attached hydrogens (tertiary/aromatic N) is 5. The van der Waals surface area contributed by atoms with Crippen molar-refractivity contribution in [3.05, 3.63) is 35.0 Å². The Morgan fingerprint density at radius 2 is 1.77 bits per heavy atom. The largest absolute Gasteiger partial charge is 0.479 e. The van der Waals surface area contributed by atoms with Crippen LogP contribution in [-0.2, 0) is 16.1 Å². The van der Waals surface area contributed by atoms with Gasteiger partial charge in [-0.25, -0.2) is 24.4 Å². The Labute approximate surface area is 204 Å². The maximum Gasteiger partial charge on any atom is 0.335 e. The number of carbonyl (C=O) groups is 3. The zero-order valence-corrected chi connectivity index (χ0v) is 19.5. The second kappa shape index (κ2) is 13.2. The van der Waals surface area contributed by atoms with E-state index in [-0.39, 0.29) is 6.03 Å². The molecular weight excluding hydrogens is 482 g/mol. The van der Waals surface area contributed by atoms with E-state index in [0.717, 1.165) is 38.3 Å². The highest BCUT2D eigenvalue weighted by molar-refractivity contribution is 7.16. The Hall–Kier alpha value is -3.84. The summed E-state index contributed by atoms with van der Waals surface area (Å²) in [5.41, 5.74) is 1.14. The molecule has 2 unspecified atom stereocenters. The average molecular weight is 508 g/mol. The Morgan fingerprint density at radius 3 is 2.29 bits per heavy atom. The van der Waals surface area contributed by atoms with Gasteiger partial charge in [0.05, 0.1) is 6.20 Å². The molecule has 0 radical (unpaired) electrons. The predicted molar refractivity (Wildman–Crippen MR) is 123 cm³/mol. The fourth-order valence-corrected chi connectivity index (χ4v) is 3.55. The number of aliphatic carboxylic acids is 2. The topological polar surface area (TPSA) is 212 Å². The van der Waals surface area contributed by atoms with Crippen molar-refractivity contribution in [2.45, 2.75) is 18.8 Å². The summed E-state index contributed by atoms with van der Waals surface area (Å²) in [4.78, 5) is 44.3. The molecule has 2 atom stereocenters. The summed E-state index contributed by atoms with van der Waals surface area (Å²) < 4.78 is 0. The summed E-state index contributed by atoms with van der Waals surface area (Å²) in [5.74, 6) is -2.83. The molecule has 3 rings (SSSR count). The molecule has 0 bridgehead atoms. The van der Waals surface area contributed by atoms with Gasteiger partial charge in [0.1, 0.15) is 16.8 Å². The molecule has 188 valence electrons. The minimum atomic E-state index is -2.27. The number of hydrogen-bond donors (Lipinski definition) is 6. The molecule has 0 saturated carbocycles. The number of aliphatic hydroxyl groups excluding tert-OH is 2. The van der Waals surface area contributed by atoms with Gasteiger partial charge in [-0.15, -0.1) is 0 Å². The lowest BCUT2D eigenvalue weighted by Gasteiger charge is -2.34. The molecule has 2 aromatic rings. The van der Waals surface area contributed by atoms with Crippen LogP contribution >= 0.6 is 11.3 Å². The lowest BCUT2D eigenvalue weighted by atomic mass is 10.2. The fraction of sp³-hybridized carbons (Fsp3) is 0.400. The third-order valence-electron chi connectivity index (χ3n) is 4.76. The van der Waals surface area contributed by atoms with Crippen molar-refractivity contribution in [2.24, 2.45) is 0 Å². The van der Waals surface area contributed by atoms with Gasteiger partial charge in [0.2, 0.25) is 0 Å². The van der Waals surface area contributed by atoms with E-state index in [1.54, 1.807) is 19.4 Å². The van der Waals surface area contributed by atoms with Crippen LogP contribution in [0.2, 0.25) is 0 Å². The van der Waals surface area contributed by atoms with Crippen LogP contribution in [0.4, 0.5) is 15.7 Å². The first-order chi connectivity index (χ1) is 16.6. The third kappa shape index (κ3) is 8.46. The number of piperazine rings is 1. The SMILES string of the molecule is CNC(=O)N1CCN(Cc2ccnc(Nc3ncc(C#N)s3)c2)CC1.O=C(O)C(O)C(O)C(=O)O. The highest BCUT2D eigenvalue weighted by Crippen LogP contribution is 2.21. The van der Waals surface area contributed by atoms with E-state index in [9.17, 15) is 14.4 Å². The van der Waals surface area contributed by atoms with Crippen molar-refractivity contribution < 1.29 is 34.8 Å². The minimum Gasteiger partial charge on any atom is -0.479 e. The molecule has 1 aliphatic heterocycles. The summed E-state index contributed by atoms with van der Waals surface area (Å²) in [6.07, 6.45) is -1.23. The van der Waals surface area contributed by atoms with Crippen molar-refractivity contribution in [3.63, 3.8) is 0 Å². The lowest BCUT2D eigenvalue weighted by molar-refractivity contribution is -0.165. The molecule has 14 nitrogen and oxygen atoms in total. The van der Waals surface area contributed by atoms with E-state index in [4.69, 9.17) is 25.7 Å². The van der Waals surface area contributed by atoms with Gasteiger partial charge in [0.15, 0.2) is 17.3 Å². The van der Waals surface area contributed by atoms with E-state index in [1.165, 1.54) is 11.3 Å². The Kier molecular flexibility index (Phi) is 10.3. The molecule has 15 heteroatoms. The molecule has 35 heavy (non-hydrogen) atoms. The fourth-order valence-electron chi connectivity index (χ4n) is 2.93. The summed E-state index contributed by atoms with van der Waals surface area (Å²) in [6.45, 7) is 3.95.